The number of nitrogens with zero attached hydrogens (tertiary/aromatic N) is 2. The molecule has 5 N–H and O–H groups in total. The van der Waals surface area contributed by atoms with E-state index in [-0.39, 0.29) is 18.0 Å². The molecule has 0 unspecified atom stereocenters. The van der Waals surface area contributed by atoms with E-state index in [1.807, 2.05) is 0 Å². The smallest absolute Gasteiger partial charge is 0.391 e. The summed E-state index contributed by atoms with van der Waals surface area (Å²) in [6, 6.07) is -0.200. The van der Waals surface area contributed by atoms with Crippen molar-refractivity contribution in [2.24, 2.45) is 5.14 Å². The summed E-state index contributed by atoms with van der Waals surface area (Å²) in [7, 11) is -5.39. The molecule has 0 saturated heterocycles. The number of nitrogens with one attached hydrogen (secondary N) is 2. The lowest BCUT2D eigenvalue weighted by Crippen LogP contribution is -2.28. The van der Waals surface area contributed by atoms with Crippen molar-refractivity contribution in [2.75, 3.05) is 10.6 Å². The van der Waals surface area contributed by atoms with Crippen LogP contribution in [0.5, 0.6) is 0 Å². The number of benzene rings is 1. The molecular weight excluding hydrogens is 536 g/mol. The van der Waals surface area contributed by atoms with Gasteiger partial charge in [-0.25, -0.2) is 18.5 Å². The minimum Gasteiger partial charge on any atom is -0.391 e. The van der Waals surface area contributed by atoms with Gasteiger partial charge in [0.15, 0.2) is 0 Å². The van der Waals surface area contributed by atoms with Crippen molar-refractivity contribution < 1.29 is 39.9 Å². The van der Waals surface area contributed by atoms with Gasteiger partial charge in [0.25, 0.3) is 0 Å². The van der Waals surface area contributed by atoms with Crippen LogP contribution in [0.4, 0.5) is 43.8 Å². The maximum absolute atomic E-state index is 13.4. The summed E-state index contributed by atoms with van der Waals surface area (Å²) in [6.07, 6.45) is -10.6. The second kappa shape index (κ2) is 8.99. The summed E-state index contributed by atoms with van der Waals surface area (Å²) in [5.41, 5.74) is -4.99. The van der Waals surface area contributed by atoms with Crippen LogP contribution in [0.1, 0.15) is 25.0 Å². The van der Waals surface area contributed by atoms with Gasteiger partial charge in [-0.2, -0.15) is 31.3 Å². The molecule has 0 fully saturated rings. The lowest BCUT2D eigenvalue weighted by molar-refractivity contribution is -0.147. The van der Waals surface area contributed by atoms with Crippen LogP contribution in [0.3, 0.4) is 0 Å². The highest BCUT2D eigenvalue weighted by molar-refractivity contribution is 9.10. The van der Waals surface area contributed by atoms with Gasteiger partial charge >= 0.3 is 12.4 Å². The molecule has 0 radical (unpaired) electrons. The molecule has 2 aromatic rings. The molecule has 1 aromatic carbocycles. The van der Waals surface area contributed by atoms with Crippen LogP contribution in [0.25, 0.3) is 0 Å². The van der Waals surface area contributed by atoms with E-state index < -0.39 is 62.2 Å². The van der Waals surface area contributed by atoms with Gasteiger partial charge in [0, 0.05) is 11.9 Å². The first kappa shape index (κ1) is 26.1. The summed E-state index contributed by atoms with van der Waals surface area (Å²) < 4.78 is 104. The van der Waals surface area contributed by atoms with E-state index in [4.69, 9.17) is 0 Å². The first-order valence-corrected chi connectivity index (χ1v) is 10.8. The zero-order valence-electron chi connectivity index (χ0n) is 16.2. The SMILES string of the molecule is C[C@@H](O)[C@@H](C)Nc1nc(Nc2cc(C(F)(F)F)c(S(N)(=O)=O)c(C(F)(F)F)c2)ncc1Br. The third kappa shape index (κ3) is 6.20. The van der Waals surface area contributed by atoms with Crippen LogP contribution in [-0.4, -0.2) is 35.6 Å². The molecular formula is C16H16BrF6N5O3S. The molecule has 0 spiro atoms. The van der Waals surface area contributed by atoms with Crippen molar-refractivity contribution in [3.8, 4) is 0 Å². The van der Waals surface area contributed by atoms with E-state index in [9.17, 15) is 39.9 Å². The normalized spacial score (nSPS) is 14.7. The number of aliphatic hydroxyl groups excluding tert-OH is 1. The minimum atomic E-state index is -5.47. The Labute approximate surface area is 186 Å². The predicted octanol–water partition coefficient (Wildman–Crippen LogP) is 3.85. The fraction of sp³-hybridized carbons (Fsp3) is 0.375. The summed E-state index contributed by atoms with van der Waals surface area (Å²) in [5, 5.41) is 19.2. The van der Waals surface area contributed by atoms with Crippen molar-refractivity contribution in [3.05, 3.63) is 33.9 Å². The Balaban J connectivity index is 2.63. The maximum Gasteiger partial charge on any atom is 0.417 e. The number of anilines is 3. The van der Waals surface area contributed by atoms with Gasteiger partial charge in [-0.3, -0.25) is 0 Å². The van der Waals surface area contributed by atoms with Crippen LogP contribution in [0, 0.1) is 0 Å². The lowest BCUT2D eigenvalue weighted by atomic mass is 10.1. The molecule has 2 rings (SSSR count). The van der Waals surface area contributed by atoms with E-state index in [0.717, 1.165) is 0 Å². The molecule has 16 heteroatoms. The summed E-state index contributed by atoms with van der Waals surface area (Å²) in [5.74, 6) is -0.317. The first-order valence-electron chi connectivity index (χ1n) is 8.50. The number of halogens is 7. The molecule has 32 heavy (non-hydrogen) atoms. The maximum atomic E-state index is 13.4. The number of rotatable bonds is 6. The Morgan fingerprint density at radius 1 is 1.09 bits per heavy atom. The van der Waals surface area contributed by atoms with E-state index in [0.29, 0.717) is 4.47 Å². The van der Waals surface area contributed by atoms with E-state index >= 15 is 0 Å². The van der Waals surface area contributed by atoms with Crippen LogP contribution >= 0.6 is 15.9 Å². The lowest BCUT2D eigenvalue weighted by Gasteiger charge is -2.20. The number of primary sulfonamides is 1. The van der Waals surface area contributed by atoms with Crippen molar-refractivity contribution in [2.45, 2.75) is 43.2 Å². The van der Waals surface area contributed by atoms with Gasteiger partial charge in [-0.05, 0) is 41.9 Å². The fourth-order valence-electron chi connectivity index (χ4n) is 2.42. The number of aliphatic hydroxyl groups is 1. The Morgan fingerprint density at radius 3 is 2.00 bits per heavy atom. The highest BCUT2D eigenvalue weighted by atomic mass is 79.9. The largest absolute Gasteiger partial charge is 0.417 e. The molecule has 2 atom stereocenters. The first-order chi connectivity index (χ1) is 14.4. The second-order valence-electron chi connectivity index (χ2n) is 6.63. The minimum absolute atomic E-state index is 0.0872. The Kier molecular flexibility index (Phi) is 7.33. The molecule has 0 aliphatic rings. The average Bonchev–Trinajstić information content (AvgIpc) is 2.61. The van der Waals surface area contributed by atoms with Gasteiger partial charge < -0.3 is 15.7 Å². The van der Waals surface area contributed by atoms with Gasteiger partial charge in [0.1, 0.15) is 10.7 Å². The fourth-order valence-corrected chi connectivity index (χ4v) is 3.69. The van der Waals surface area contributed by atoms with Crippen LogP contribution in [0.2, 0.25) is 0 Å². The summed E-state index contributed by atoms with van der Waals surface area (Å²) in [4.78, 5) is 5.62. The summed E-state index contributed by atoms with van der Waals surface area (Å²) in [6.45, 7) is 3.08. The van der Waals surface area contributed by atoms with E-state index in [2.05, 4.69) is 41.7 Å². The van der Waals surface area contributed by atoms with Crippen molar-refractivity contribution in [1.29, 1.82) is 0 Å². The van der Waals surface area contributed by atoms with Crippen LogP contribution in [0.15, 0.2) is 27.7 Å². The zero-order chi connectivity index (χ0) is 24.6. The van der Waals surface area contributed by atoms with Gasteiger partial charge in [-0.15, -0.1) is 0 Å². The van der Waals surface area contributed by atoms with Gasteiger partial charge in [0.2, 0.25) is 16.0 Å². The molecule has 0 amide bonds. The molecule has 0 saturated carbocycles. The Morgan fingerprint density at radius 2 is 1.59 bits per heavy atom. The van der Waals surface area contributed by atoms with Gasteiger partial charge in [-0.1, -0.05) is 0 Å². The quantitative estimate of drug-likeness (QED) is 0.401. The number of sulfonamides is 1. The molecule has 0 aliphatic carbocycles. The number of aromatic nitrogens is 2. The molecule has 0 aliphatic heterocycles. The topological polar surface area (TPSA) is 130 Å². The predicted molar refractivity (Wildman–Crippen MR) is 106 cm³/mol. The van der Waals surface area contributed by atoms with Crippen LogP contribution in [-0.2, 0) is 22.4 Å². The highest BCUT2D eigenvalue weighted by Crippen LogP contribution is 2.43. The second-order valence-corrected chi connectivity index (χ2v) is 8.98. The molecule has 1 aromatic heterocycles. The van der Waals surface area contributed by atoms with Crippen molar-refractivity contribution >= 4 is 43.4 Å². The third-order valence-electron chi connectivity index (χ3n) is 4.07. The zero-order valence-corrected chi connectivity index (χ0v) is 18.6. The molecule has 178 valence electrons. The number of nitrogens with two attached hydrogens (primary N) is 1. The van der Waals surface area contributed by atoms with Crippen molar-refractivity contribution in [3.63, 3.8) is 0 Å². The molecule has 8 nitrogen and oxygen atoms in total. The molecule has 1 heterocycles. The number of hydrogen-bond donors (Lipinski definition) is 4. The monoisotopic (exact) mass is 551 g/mol. The van der Waals surface area contributed by atoms with Gasteiger partial charge in [0.05, 0.1) is 27.7 Å². The standard InChI is InChI=1S/C16H16BrF6N5O3S/c1-6(7(2)29)26-13-11(17)5-25-14(28-13)27-8-3-9(15(18,19)20)12(32(24,30)31)10(4-8)16(21,22)23/h3-7,29H,1-2H3,(H2,24,30,31)(H2,25,26,27,28)/t6-,7-/m1/s1. The number of alkyl halides is 6. The summed E-state index contributed by atoms with van der Waals surface area (Å²) >= 11 is 3.13. The van der Waals surface area contributed by atoms with E-state index in [1.54, 1.807) is 6.92 Å². The average molecular weight is 552 g/mol. The highest BCUT2D eigenvalue weighted by Gasteiger charge is 2.45. The Bertz CT molecular complexity index is 1070. The van der Waals surface area contributed by atoms with Crippen LogP contribution < -0.4 is 15.8 Å². The number of hydrogen-bond acceptors (Lipinski definition) is 7. The van der Waals surface area contributed by atoms with E-state index in [1.165, 1.54) is 13.1 Å². The van der Waals surface area contributed by atoms with Crippen molar-refractivity contribution in [1.82, 2.24) is 9.97 Å². The Hall–Kier alpha value is -2.17. The third-order valence-corrected chi connectivity index (χ3v) is 5.66. The molecule has 0 bridgehead atoms.